The number of nitrogens with zero attached hydrogens (tertiary/aromatic N) is 4. The summed E-state index contributed by atoms with van der Waals surface area (Å²) in [7, 11) is 3.87. The van der Waals surface area contributed by atoms with Crippen LogP contribution in [0.15, 0.2) is 41.7 Å². The lowest BCUT2D eigenvalue weighted by molar-refractivity contribution is 0.0510. The Labute approximate surface area is 174 Å². The number of benzene rings is 1. The molecule has 0 spiro atoms. The Morgan fingerprint density at radius 3 is 2.79 bits per heavy atom. The first-order valence-electron chi connectivity index (χ1n) is 10.7. The molecule has 6 heteroatoms. The molecule has 2 fully saturated rings. The monoisotopic (exact) mass is 395 g/mol. The molecule has 0 saturated carbocycles. The quantitative estimate of drug-likeness (QED) is 0.639. The summed E-state index contributed by atoms with van der Waals surface area (Å²) >= 11 is 0. The first-order chi connectivity index (χ1) is 14.1. The summed E-state index contributed by atoms with van der Waals surface area (Å²) in [5.41, 5.74) is 4.23. The van der Waals surface area contributed by atoms with Crippen LogP contribution in [0.4, 0.5) is 0 Å². The van der Waals surface area contributed by atoms with E-state index in [9.17, 15) is 0 Å². The standard InChI is InChI=1S/C23H33N5O/c1-18-6-4-5-7-21(18)23(9-12-29-13-10-23)17-25-22(24-2)28-11-8-19(16-28)20-14-26-27(3)15-20/h4-7,14-15,19H,8-13,16-17H2,1-3H3,(H,24,25). The van der Waals surface area contributed by atoms with Crippen LogP contribution in [0.3, 0.4) is 0 Å². The molecule has 0 bridgehead atoms. The van der Waals surface area contributed by atoms with Crippen LogP contribution in [0.2, 0.25) is 0 Å². The Bertz CT molecular complexity index is 852. The van der Waals surface area contributed by atoms with E-state index in [4.69, 9.17) is 4.74 Å². The maximum atomic E-state index is 5.71. The number of likely N-dealkylation sites (tertiary alicyclic amines) is 1. The summed E-state index contributed by atoms with van der Waals surface area (Å²) in [6.07, 6.45) is 7.36. The normalized spacial score (nSPS) is 22.1. The van der Waals surface area contributed by atoms with Crippen LogP contribution < -0.4 is 5.32 Å². The van der Waals surface area contributed by atoms with E-state index < -0.39 is 0 Å². The molecule has 0 amide bonds. The lowest BCUT2D eigenvalue weighted by atomic mass is 9.72. The van der Waals surface area contributed by atoms with E-state index in [1.807, 2.05) is 25.0 Å². The Kier molecular flexibility index (Phi) is 5.90. The Morgan fingerprint density at radius 1 is 1.31 bits per heavy atom. The highest BCUT2D eigenvalue weighted by Gasteiger charge is 2.36. The molecule has 0 aliphatic carbocycles. The molecular weight excluding hydrogens is 362 g/mol. The van der Waals surface area contributed by atoms with Gasteiger partial charge in [-0.25, -0.2) is 0 Å². The molecule has 1 atom stereocenters. The molecule has 2 aliphatic rings. The average molecular weight is 396 g/mol. The Morgan fingerprint density at radius 2 is 2.10 bits per heavy atom. The first kappa shape index (κ1) is 20.0. The van der Waals surface area contributed by atoms with Gasteiger partial charge in [0.1, 0.15) is 0 Å². The number of aromatic nitrogens is 2. The fraction of sp³-hybridized carbons (Fsp3) is 0.565. The third kappa shape index (κ3) is 4.17. The predicted molar refractivity (Wildman–Crippen MR) is 116 cm³/mol. The number of ether oxygens (including phenoxy) is 1. The van der Waals surface area contributed by atoms with Crippen molar-refractivity contribution in [2.75, 3.05) is 39.9 Å². The molecule has 4 rings (SSSR count). The summed E-state index contributed by atoms with van der Waals surface area (Å²) in [6, 6.07) is 8.80. The lowest BCUT2D eigenvalue weighted by Gasteiger charge is -2.39. The van der Waals surface area contributed by atoms with Crippen molar-refractivity contribution in [1.29, 1.82) is 0 Å². The molecule has 1 aromatic heterocycles. The molecule has 0 radical (unpaired) electrons. The van der Waals surface area contributed by atoms with Gasteiger partial charge in [-0.1, -0.05) is 24.3 Å². The molecule has 1 N–H and O–H groups in total. The summed E-state index contributed by atoms with van der Waals surface area (Å²) in [6.45, 7) is 6.77. The second-order valence-electron chi connectivity index (χ2n) is 8.49. The van der Waals surface area contributed by atoms with Crippen LogP contribution >= 0.6 is 0 Å². The zero-order chi connectivity index (χ0) is 20.3. The van der Waals surface area contributed by atoms with Gasteiger partial charge in [0.25, 0.3) is 0 Å². The van der Waals surface area contributed by atoms with E-state index in [2.05, 4.69) is 57.7 Å². The minimum absolute atomic E-state index is 0.0992. The smallest absolute Gasteiger partial charge is 0.193 e. The van der Waals surface area contributed by atoms with Crippen molar-refractivity contribution in [3.05, 3.63) is 53.3 Å². The molecule has 2 aromatic rings. The fourth-order valence-corrected chi connectivity index (χ4v) is 4.93. The zero-order valence-corrected chi connectivity index (χ0v) is 17.9. The summed E-state index contributed by atoms with van der Waals surface area (Å²) < 4.78 is 7.60. The van der Waals surface area contributed by atoms with E-state index in [-0.39, 0.29) is 5.41 Å². The van der Waals surface area contributed by atoms with Gasteiger partial charge >= 0.3 is 0 Å². The number of nitrogens with one attached hydrogen (secondary N) is 1. The van der Waals surface area contributed by atoms with Gasteiger partial charge in [-0.05, 0) is 42.9 Å². The number of hydrogen-bond acceptors (Lipinski definition) is 3. The van der Waals surface area contributed by atoms with Gasteiger partial charge < -0.3 is 15.0 Å². The highest BCUT2D eigenvalue weighted by molar-refractivity contribution is 5.80. The van der Waals surface area contributed by atoms with Crippen LogP contribution in [0.5, 0.6) is 0 Å². The SMILES string of the molecule is CN=C(NCC1(c2ccccc2C)CCOCC1)N1CCC(c2cnn(C)c2)C1. The number of aryl methyl sites for hydroxylation is 2. The van der Waals surface area contributed by atoms with E-state index in [0.717, 1.165) is 58.1 Å². The van der Waals surface area contributed by atoms with Gasteiger partial charge in [-0.15, -0.1) is 0 Å². The highest BCUT2D eigenvalue weighted by Crippen LogP contribution is 2.36. The third-order valence-corrected chi connectivity index (χ3v) is 6.65. The summed E-state index contributed by atoms with van der Waals surface area (Å²) in [5, 5.41) is 8.06. The van der Waals surface area contributed by atoms with Gasteiger partial charge in [-0.3, -0.25) is 9.67 Å². The van der Waals surface area contributed by atoms with Gasteiger partial charge in [0.2, 0.25) is 0 Å². The van der Waals surface area contributed by atoms with Gasteiger partial charge in [0.15, 0.2) is 5.96 Å². The van der Waals surface area contributed by atoms with Gasteiger partial charge in [0, 0.05) is 64.5 Å². The second kappa shape index (κ2) is 8.57. The summed E-state index contributed by atoms with van der Waals surface area (Å²) in [4.78, 5) is 7.01. The number of aliphatic imine (C=N–C) groups is 1. The lowest BCUT2D eigenvalue weighted by Crippen LogP contribution is -2.49. The number of rotatable bonds is 4. The van der Waals surface area contributed by atoms with Gasteiger partial charge in [-0.2, -0.15) is 5.10 Å². The van der Waals surface area contributed by atoms with Crippen molar-refractivity contribution in [1.82, 2.24) is 20.0 Å². The molecule has 3 heterocycles. The Hall–Kier alpha value is -2.34. The average Bonchev–Trinajstić information content (AvgIpc) is 3.39. The fourth-order valence-electron chi connectivity index (χ4n) is 4.93. The maximum absolute atomic E-state index is 5.71. The van der Waals surface area contributed by atoms with E-state index in [1.165, 1.54) is 16.7 Å². The highest BCUT2D eigenvalue weighted by atomic mass is 16.5. The van der Waals surface area contributed by atoms with Crippen LogP contribution in [0, 0.1) is 6.92 Å². The molecule has 1 unspecified atom stereocenters. The van der Waals surface area contributed by atoms with Gasteiger partial charge in [0.05, 0.1) is 6.20 Å². The molecule has 6 nitrogen and oxygen atoms in total. The second-order valence-corrected chi connectivity index (χ2v) is 8.49. The van der Waals surface area contributed by atoms with Crippen LogP contribution in [-0.4, -0.2) is 60.5 Å². The van der Waals surface area contributed by atoms with Crippen LogP contribution in [0.1, 0.15) is 41.9 Å². The van der Waals surface area contributed by atoms with E-state index >= 15 is 0 Å². The van der Waals surface area contributed by atoms with Crippen molar-refractivity contribution >= 4 is 5.96 Å². The zero-order valence-electron chi connectivity index (χ0n) is 17.9. The van der Waals surface area contributed by atoms with Crippen molar-refractivity contribution < 1.29 is 4.74 Å². The van der Waals surface area contributed by atoms with Crippen molar-refractivity contribution in [3.63, 3.8) is 0 Å². The van der Waals surface area contributed by atoms with E-state index in [0.29, 0.717) is 5.92 Å². The minimum atomic E-state index is 0.0992. The molecule has 1 aromatic carbocycles. The summed E-state index contributed by atoms with van der Waals surface area (Å²) in [5.74, 6) is 1.53. The largest absolute Gasteiger partial charge is 0.381 e. The van der Waals surface area contributed by atoms with E-state index in [1.54, 1.807) is 0 Å². The minimum Gasteiger partial charge on any atom is -0.381 e. The number of hydrogen-bond donors (Lipinski definition) is 1. The molecule has 2 aliphatic heterocycles. The van der Waals surface area contributed by atoms with Crippen molar-refractivity contribution in [3.8, 4) is 0 Å². The molecule has 2 saturated heterocycles. The topological polar surface area (TPSA) is 54.7 Å². The van der Waals surface area contributed by atoms with Crippen LogP contribution in [0.25, 0.3) is 0 Å². The Balaban J connectivity index is 1.46. The maximum Gasteiger partial charge on any atom is 0.193 e. The first-order valence-corrected chi connectivity index (χ1v) is 10.7. The number of guanidine groups is 1. The van der Waals surface area contributed by atoms with Crippen molar-refractivity contribution in [2.45, 2.75) is 37.5 Å². The van der Waals surface area contributed by atoms with Crippen molar-refractivity contribution in [2.24, 2.45) is 12.0 Å². The third-order valence-electron chi connectivity index (χ3n) is 6.65. The molecule has 29 heavy (non-hydrogen) atoms. The molecule has 156 valence electrons. The van der Waals surface area contributed by atoms with Crippen LogP contribution in [-0.2, 0) is 17.2 Å². The molecular formula is C23H33N5O. The predicted octanol–water partition coefficient (Wildman–Crippen LogP) is 2.84.